The van der Waals surface area contributed by atoms with Crippen LogP contribution in [0.3, 0.4) is 0 Å². The van der Waals surface area contributed by atoms with Gasteiger partial charge in [0.15, 0.2) is 0 Å². The molecule has 2 amide bonds. The number of benzene rings is 2. The molecule has 4 rings (SSSR count). The maximum absolute atomic E-state index is 12.3. The molecular formula is C19H15BrN2O4. The number of rotatable bonds is 3. The van der Waals surface area contributed by atoms with E-state index in [-0.39, 0.29) is 11.8 Å². The first kappa shape index (κ1) is 16.7. The van der Waals surface area contributed by atoms with Crippen molar-refractivity contribution in [2.45, 2.75) is 0 Å². The molecule has 132 valence electrons. The van der Waals surface area contributed by atoms with Crippen molar-refractivity contribution in [1.82, 2.24) is 9.63 Å². The summed E-state index contributed by atoms with van der Waals surface area (Å²) in [5, 5.41) is 0.799. The van der Waals surface area contributed by atoms with Gasteiger partial charge in [0.2, 0.25) is 0 Å². The summed E-state index contributed by atoms with van der Waals surface area (Å²) in [6, 6.07) is 11.0. The lowest BCUT2D eigenvalue weighted by Gasteiger charge is -2.10. The topological polar surface area (TPSA) is 60.8 Å². The third kappa shape index (κ3) is 2.17. The van der Waals surface area contributed by atoms with Gasteiger partial charge >= 0.3 is 0 Å². The Morgan fingerprint density at radius 2 is 1.58 bits per heavy atom. The lowest BCUT2D eigenvalue weighted by Crippen LogP contribution is -2.24. The number of imide groups is 1. The number of halogens is 1. The monoisotopic (exact) mass is 414 g/mol. The van der Waals surface area contributed by atoms with E-state index in [4.69, 9.17) is 9.57 Å². The van der Waals surface area contributed by atoms with Crippen LogP contribution in [0.1, 0.15) is 20.7 Å². The molecule has 0 radical (unpaired) electrons. The van der Waals surface area contributed by atoms with Gasteiger partial charge in [0.25, 0.3) is 11.8 Å². The Morgan fingerprint density at radius 1 is 0.962 bits per heavy atom. The Balaban J connectivity index is 2.00. The molecule has 0 saturated carbocycles. The van der Waals surface area contributed by atoms with Crippen LogP contribution >= 0.6 is 15.9 Å². The molecule has 0 atom stereocenters. The molecule has 1 aromatic heterocycles. The second kappa shape index (κ2) is 5.88. The first-order valence-electron chi connectivity index (χ1n) is 7.87. The molecule has 0 aliphatic carbocycles. The number of ether oxygens (including phenoxy) is 1. The summed E-state index contributed by atoms with van der Waals surface area (Å²) < 4.78 is 7.65. The molecule has 0 saturated heterocycles. The molecule has 1 aliphatic rings. The van der Waals surface area contributed by atoms with E-state index >= 15 is 0 Å². The number of hydrogen-bond acceptors (Lipinski definition) is 4. The van der Waals surface area contributed by atoms with Gasteiger partial charge in [0, 0.05) is 18.0 Å². The number of fused-ring (bicyclic) bond motifs is 2. The van der Waals surface area contributed by atoms with E-state index in [1.54, 1.807) is 31.1 Å². The van der Waals surface area contributed by atoms with Crippen molar-refractivity contribution in [1.29, 1.82) is 0 Å². The minimum Gasteiger partial charge on any atom is -0.497 e. The van der Waals surface area contributed by atoms with Crippen molar-refractivity contribution in [3.05, 3.63) is 52.0 Å². The van der Waals surface area contributed by atoms with Crippen molar-refractivity contribution in [3.8, 4) is 17.0 Å². The lowest BCUT2D eigenvalue weighted by molar-refractivity contribution is 0.0693. The van der Waals surface area contributed by atoms with Crippen LogP contribution in [0.4, 0.5) is 0 Å². The predicted molar refractivity (Wildman–Crippen MR) is 101 cm³/mol. The molecular weight excluding hydrogens is 400 g/mol. The van der Waals surface area contributed by atoms with Crippen LogP contribution in [0.15, 0.2) is 40.9 Å². The average molecular weight is 415 g/mol. The fourth-order valence-corrected chi connectivity index (χ4v) is 3.97. The fourth-order valence-electron chi connectivity index (χ4n) is 3.26. The Morgan fingerprint density at radius 3 is 2.15 bits per heavy atom. The fraction of sp³-hybridized carbons (Fsp3) is 0.158. The van der Waals surface area contributed by atoms with E-state index in [0.29, 0.717) is 16.6 Å². The van der Waals surface area contributed by atoms with Crippen LogP contribution in [0.5, 0.6) is 5.75 Å². The highest BCUT2D eigenvalue weighted by atomic mass is 79.9. The van der Waals surface area contributed by atoms with Crippen LogP contribution in [0, 0.1) is 0 Å². The Kier molecular flexibility index (Phi) is 3.77. The molecule has 3 aromatic rings. The van der Waals surface area contributed by atoms with Gasteiger partial charge in [-0.1, -0.05) is 0 Å². The molecule has 0 bridgehead atoms. The summed E-state index contributed by atoms with van der Waals surface area (Å²) in [7, 11) is 4.66. The Bertz CT molecular complexity index is 1070. The second-order valence-corrected chi connectivity index (χ2v) is 6.75. The van der Waals surface area contributed by atoms with Crippen molar-refractivity contribution >= 4 is 38.6 Å². The number of hydrogen-bond donors (Lipinski definition) is 0. The summed E-state index contributed by atoms with van der Waals surface area (Å²) >= 11 is 3.63. The standard InChI is InChI=1S/C19H15BrN2O4/c1-21-18(23)12-8-14-15(9-13(12)19(21)24)22(26-3)17(16(14)20)10-4-6-11(25-2)7-5-10/h4-9H,1-3H3. The molecule has 0 N–H and O–H groups in total. The molecule has 0 fully saturated rings. The van der Waals surface area contributed by atoms with Crippen LogP contribution < -0.4 is 9.57 Å². The van der Waals surface area contributed by atoms with Crippen LogP contribution in [-0.2, 0) is 0 Å². The number of amides is 2. The predicted octanol–water partition coefficient (Wildman–Crippen LogP) is 3.36. The summed E-state index contributed by atoms with van der Waals surface area (Å²) in [4.78, 5) is 31.3. The zero-order valence-electron chi connectivity index (χ0n) is 14.4. The Hall–Kier alpha value is -2.80. The number of carbonyl (C=O) groups is 2. The molecule has 7 heteroatoms. The van der Waals surface area contributed by atoms with E-state index in [0.717, 1.165) is 31.8 Å². The second-order valence-electron chi connectivity index (χ2n) is 5.95. The van der Waals surface area contributed by atoms with Gasteiger partial charge in [-0.2, -0.15) is 4.73 Å². The third-order valence-electron chi connectivity index (χ3n) is 4.62. The van der Waals surface area contributed by atoms with Gasteiger partial charge in [-0.15, -0.1) is 0 Å². The molecule has 0 spiro atoms. The quantitative estimate of drug-likeness (QED) is 0.616. The number of aromatic nitrogens is 1. The molecule has 26 heavy (non-hydrogen) atoms. The van der Waals surface area contributed by atoms with Crippen molar-refractivity contribution in [2.75, 3.05) is 21.3 Å². The Labute approximate surface area is 158 Å². The normalized spacial score (nSPS) is 13.5. The molecule has 2 aromatic carbocycles. The highest BCUT2D eigenvalue weighted by Crippen LogP contribution is 2.40. The summed E-state index contributed by atoms with van der Waals surface area (Å²) in [5.74, 6) is 0.149. The summed E-state index contributed by atoms with van der Waals surface area (Å²) in [6.45, 7) is 0. The third-order valence-corrected chi connectivity index (χ3v) is 5.42. The van der Waals surface area contributed by atoms with E-state index in [9.17, 15) is 9.59 Å². The molecule has 2 heterocycles. The summed E-state index contributed by atoms with van der Waals surface area (Å²) in [6.07, 6.45) is 0. The number of carbonyl (C=O) groups excluding carboxylic acids is 2. The highest BCUT2D eigenvalue weighted by Gasteiger charge is 2.34. The largest absolute Gasteiger partial charge is 0.497 e. The van der Waals surface area contributed by atoms with Crippen molar-refractivity contribution in [3.63, 3.8) is 0 Å². The maximum atomic E-state index is 12.3. The van der Waals surface area contributed by atoms with Crippen molar-refractivity contribution in [2.24, 2.45) is 0 Å². The van der Waals surface area contributed by atoms with Crippen molar-refractivity contribution < 1.29 is 19.2 Å². The molecule has 1 aliphatic heterocycles. The van der Waals surface area contributed by atoms with Gasteiger partial charge in [-0.3, -0.25) is 14.5 Å². The molecule has 6 nitrogen and oxygen atoms in total. The van der Waals surface area contributed by atoms with Gasteiger partial charge in [-0.05, 0) is 52.3 Å². The zero-order chi connectivity index (χ0) is 18.6. The minimum absolute atomic E-state index is 0.296. The first-order valence-corrected chi connectivity index (χ1v) is 8.66. The highest BCUT2D eigenvalue weighted by molar-refractivity contribution is 9.10. The van der Waals surface area contributed by atoms with Gasteiger partial charge in [-0.25, -0.2) is 0 Å². The zero-order valence-corrected chi connectivity index (χ0v) is 16.0. The number of methoxy groups -OCH3 is 1. The minimum atomic E-state index is -0.308. The first-order chi connectivity index (χ1) is 12.5. The average Bonchev–Trinajstić information content (AvgIpc) is 3.06. The summed E-state index contributed by atoms with van der Waals surface area (Å²) in [5.41, 5.74) is 3.20. The van der Waals surface area contributed by atoms with E-state index in [1.807, 2.05) is 24.3 Å². The lowest BCUT2D eigenvalue weighted by atomic mass is 10.1. The van der Waals surface area contributed by atoms with Gasteiger partial charge in [0.1, 0.15) is 18.6 Å². The molecule has 0 unspecified atom stereocenters. The smallest absolute Gasteiger partial charge is 0.261 e. The van der Waals surface area contributed by atoms with Crippen LogP contribution in [-0.4, -0.2) is 42.7 Å². The SMILES string of the molecule is COc1ccc(-c2c(Br)c3cc4c(cc3n2OC)C(=O)N(C)C4=O)cc1. The van der Waals surface area contributed by atoms with Crippen LogP contribution in [0.25, 0.3) is 22.2 Å². The van der Waals surface area contributed by atoms with Gasteiger partial charge in [0.05, 0.1) is 28.2 Å². The van der Waals surface area contributed by atoms with E-state index < -0.39 is 0 Å². The van der Waals surface area contributed by atoms with Gasteiger partial charge < -0.3 is 9.57 Å². The van der Waals surface area contributed by atoms with E-state index in [2.05, 4.69) is 15.9 Å². The van der Waals surface area contributed by atoms with Crippen LogP contribution in [0.2, 0.25) is 0 Å². The number of nitrogens with zero attached hydrogens (tertiary/aromatic N) is 2. The maximum Gasteiger partial charge on any atom is 0.261 e. The van der Waals surface area contributed by atoms with E-state index in [1.165, 1.54) is 7.05 Å².